The number of benzene rings is 1. The van der Waals surface area contributed by atoms with Gasteiger partial charge >= 0.3 is 5.97 Å². The van der Waals surface area contributed by atoms with E-state index in [0.29, 0.717) is 17.9 Å². The van der Waals surface area contributed by atoms with Crippen LogP contribution in [0.1, 0.15) is 21.5 Å². The van der Waals surface area contributed by atoms with E-state index >= 15 is 0 Å². The van der Waals surface area contributed by atoms with Crippen LogP contribution in [0.3, 0.4) is 0 Å². The lowest BCUT2D eigenvalue weighted by molar-refractivity contribution is 0.0596. The fourth-order valence-electron chi connectivity index (χ4n) is 2.15. The van der Waals surface area contributed by atoms with Gasteiger partial charge in [-0.05, 0) is 36.2 Å². The number of methoxy groups -OCH3 is 2. The number of ether oxygens (including phenoxy) is 2. The third-order valence-corrected chi connectivity index (χ3v) is 3.49. The summed E-state index contributed by atoms with van der Waals surface area (Å²) in [4.78, 5) is 17.8. The summed E-state index contributed by atoms with van der Waals surface area (Å²) in [6.45, 7) is 2.20. The van der Waals surface area contributed by atoms with Gasteiger partial charge in [-0.15, -0.1) is 0 Å². The standard InChI is InChI=1S/C17H19FN2O3/c1-11-5-6-12(9-14(11)18)10-20(2)15-8-7-13(17(21)23-4)16(19-15)22-3/h5-9H,10H2,1-4H3. The normalized spacial score (nSPS) is 10.3. The summed E-state index contributed by atoms with van der Waals surface area (Å²) in [5, 5.41) is 0. The summed E-state index contributed by atoms with van der Waals surface area (Å²) in [5.74, 6) is 0.0541. The highest BCUT2D eigenvalue weighted by molar-refractivity contribution is 5.92. The molecular formula is C17H19FN2O3. The summed E-state index contributed by atoms with van der Waals surface area (Å²) in [7, 11) is 4.57. The monoisotopic (exact) mass is 318 g/mol. The first-order valence-electron chi connectivity index (χ1n) is 7.05. The lowest BCUT2D eigenvalue weighted by Gasteiger charge is -2.19. The van der Waals surface area contributed by atoms with Gasteiger partial charge in [0, 0.05) is 13.6 Å². The van der Waals surface area contributed by atoms with Crippen LogP contribution in [0.5, 0.6) is 5.88 Å². The highest BCUT2D eigenvalue weighted by atomic mass is 19.1. The number of rotatable bonds is 5. The smallest absolute Gasteiger partial charge is 0.343 e. The number of pyridine rings is 1. The number of aromatic nitrogens is 1. The predicted molar refractivity (Wildman–Crippen MR) is 85.4 cm³/mol. The first kappa shape index (κ1) is 16.7. The number of anilines is 1. The molecule has 1 heterocycles. The van der Waals surface area contributed by atoms with Gasteiger partial charge in [-0.3, -0.25) is 0 Å². The van der Waals surface area contributed by atoms with Gasteiger partial charge in [0.2, 0.25) is 5.88 Å². The van der Waals surface area contributed by atoms with E-state index in [1.165, 1.54) is 20.3 Å². The molecule has 0 radical (unpaired) electrons. The Kier molecular flexibility index (Phi) is 5.16. The SMILES string of the molecule is COC(=O)c1ccc(N(C)Cc2ccc(C)c(F)c2)nc1OC. The molecule has 2 aromatic rings. The van der Waals surface area contributed by atoms with Crippen molar-refractivity contribution in [3.8, 4) is 5.88 Å². The van der Waals surface area contributed by atoms with Gasteiger partial charge in [0.25, 0.3) is 0 Å². The van der Waals surface area contributed by atoms with E-state index in [9.17, 15) is 9.18 Å². The van der Waals surface area contributed by atoms with Crippen molar-refractivity contribution in [3.63, 3.8) is 0 Å². The molecule has 0 N–H and O–H groups in total. The zero-order valence-electron chi connectivity index (χ0n) is 13.6. The van der Waals surface area contributed by atoms with Gasteiger partial charge < -0.3 is 14.4 Å². The van der Waals surface area contributed by atoms with Crippen molar-refractivity contribution in [1.82, 2.24) is 4.98 Å². The molecule has 0 atom stereocenters. The fourth-order valence-corrected chi connectivity index (χ4v) is 2.15. The van der Waals surface area contributed by atoms with Gasteiger partial charge in [-0.1, -0.05) is 12.1 Å². The minimum atomic E-state index is -0.510. The third kappa shape index (κ3) is 3.77. The lowest BCUT2D eigenvalue weighted by Crippen LogP contribution is -2.18. The van der Waals surface area contributed by atoms with Crippen LogP contribution in [0.25, 0.3) is 0 Å². The molecule has 0 aliphatic rings. The number of carbonyl (C=O) groups is 1. The number of esters is 1. The average Bonchev–Trinajstić information content (AvgIpc) is 2.56. The molecule has 2 rings (SSSR count). The Bertz CT molecular complexity index is 719. The molecule has 5 nitrogen and oxygen atoms in total. The molecule has 23 heavy (non-hydrogen) atoms. The van der Waals surface area contributed by atoms with Gasteiger partial charge in [0.05, 0.1) is 14.2 Å². The van der Waals surface area contributed by atoms with E-state index < -0.39 is 5.97 Å². The van der Waals surface area contributed by atoms with E-state index in [1.807, 2.05) is 18.0 Å². The Morgan fingerprint density at radius 2 is 2.00 bits per heavy atom. The molecule has 0 aliphatic carbocycles. The zero-order valence-corrected chi connectivity index (χ0v) is 13.6. The first-order chi connectivity index (χ1) is 11.0. The van der Waals surface area contributed by atoms with Crippen molar-refractivity contribution in [3.05, 3.63) is 52.8 Å². The fraction of sp³-hybridized carbons (Fsp3) is 0.294. The minimum Gasteiger partial charge on any atom is -0.480 e. The summed E-state index contributed by atoms with van der Waals surface area (Å²) < 4.78 is 23.5. The van der Waals surface area contributed by atoms with E-state index in [-0.39, 0.29) is 17.3 Å². The molecule has 0 saturated heterocycles. The van der Waals surface area contributed by atoms with E-state index in [1.54, 1.807) is 25.1 Å². The van der Waals surface area contributed by atoms with Crippen molar-refractivity contribution >= 4 is 11.8 Å². The van der Waals surface area contributed by atoms with Gasteiger partial charge in [-0.2, -0.15) is 4.98 Å². The highest BCUT2D eigenvalue weighted by Gasteiger charge is 2.16. The Hall–Kier alpha value is -2.63. The molecule has 0 saturated carbocycles. The van der Waals surface area contributed by atoms with Gasteiger partial charge in [0.15, 0.2) is 0 Å². The second-order valence-electron chi connectivity index (χ2n) is 5.16. The third-order valence-electron chi connectivity index (χ3n) is 3.49. The van der Waals surface area contributed by atoms with Crippen LogP contribution >= 0.6 is 0 Å². The predicted octanol–water partition coefficient (Wildman–Crippen LogP) is 2.96. The van der Waals surface area contributed by atoms with E-state index in [4.69, 9.17) is 4.74 Å². The van der Waals surface area contributed by atoms with E-state index in [0.717, 1.165) is 5.56 Å². The summed E-state index contributed by atoms with van der Waals surface area (Å²) in [6, 6.07) is 8.41. The van der Waals surface area contributed by atoms with Crippen LogP contribution in [0, 0.1) is 12.7 Å². The topological polar surface area (TPSA) is 51.7 Å². The molecule has 1 aromatic heterocycles. The van der Waals surface area contributed by atoms with Crippen molar-refractivity contribution in [2.24, 2.45) is 0 Å². The molecule has 0 spiro atoms. The van der Waals surface area contributed by atoms with Crippen molar-refractivity contribution < 1.29 is 18.7 Å². The summed E-state index contributed by atoms with van der Waals surface area (Å²) in [6.07, 6.45) is 0. The van der Waals surface area contributed by atoms with Crippen molar-refractivity contribution in [1.29, 1.82) is 0 Å². The van der Waals surface area contributed by atoms with E-state index in [2.05, 4.69) is 9.72 Å². The Morgan fingerprint density at radius 3 is 2.61 bits per heavy atom. The number of nitrogens with zero attached hydrogens (tertiary/aromatic N) is 2. The first-order valence-corrected chi connectivity index (χ1v) is 7.05. The molecule has 0 aliphatic heterocycles. The molecule has 122 valence electrons. The molecule has 1 aromatic carbocycles. The lowest BCUT2D eigenvalue weighted by atomic mass is 10.1. The zero-order chi connectivity index (χ0) is 17.0. The quantitative estimate of drug-likeness (QED) is 0.793. The van der Waals surface area contributed by atoms with Crippen LogP contribution in [-0.4, -0.2) is 32.2 Å². The number of carbonyl (C=O) groups excluding carboxylic acids is 1. The number of aryl methyl sites for hydroxylation is 1. The Morgan fingerprint density at radius 1 is 1.26 bits per heavy atom. The number of halogens is 1. The maximum Gasteiger partial charge on any atom is 0.343 e. The molecule has 0 unspecified atom stereocenters. The number of hydrogen-bond donors (Lipinski definition) is 0. The Balaban J connectivity index is 2.23. The van der Waals surface area contributed by atoms with Crippen LogP contribution in [0.4, 0.5) is 10.2 Å². The second kappa shape index (κ2) is 7.09. The maximum atomic E-state index is 13.6. The van der Waals surface area contributed by atoms with Crippen molar-refractivity contribution in [2.45, 2.75) is 13.5 Å². The summed E-state index contributed by atoms with van der Waals surface area (Å²) in [5.41, 5.74) is 1.69. The van der Waals surface area contributed by atoms with Crippen LogP contribution in [-0.2, 0) is 11.3 Å². The molecule has 0 fully saturated rings. The van der Waals surface area contributed by atoms with Gasteiger partial charge in [-0.25, -0.2) is 9.18 Å². The van der Waals surface area contributed by atoms with Crippen molar-refractivity contribution in [2.75, 3.05) is 26.2 Å². The van der Waals surface area contributed by atoms with Crippen LogP contribution in [0.2, 0.25) is 0 Å². The van der Waals surface area contributed by atoms with Crippen LogP contribution in [0.15, 0.2) is 30.3 Å². The largest absolute Gasteiger partial charge is 0.480 e. The number of hydrogen-bond acceptors (Lipinski definition) is 5. The molecular weight excluding hydrogens is 299 g/mol. The Labute approximate surface area is 134 Å². The van der Waals surface area contributed by atoms with Crippen LogP contribution < -0.4 is 9.64 Å². The highest BCUT2D eigenvalue weighted by Crippen LogP contribution is 2.22. The minimum absolute atomic E-state index is 0.191. The average molecular weight is 318 g/mol. The molecule has 0 amide bonds. The maximum absolute atomic E-state index is 13.6. The van der Waals surface area contributed by atoms with Gasteiger partial charge in [0.1, 0.15) is 17.2 Å². The molecule has 6 heteroatoms. The second-order valence-corrected chi connectivity index (χ2v) is 5.16. The molecule has 0 bridgehead atoms. The summed E-state index contributed by atoms with van der Waals surface area (Å²) >= 11 is 0.